The van der Waals surface area contributed by atoms with E-state index in [4.69, 9.17) is 14.0 Å². The lowest BCUT2D eigenvalue weighted by atomic mass is 10.1. The lowest BCUT2D eigenvalue weighted by molar-refractivity contribution is 0.295. The van der Waals surface area contributed by atoms with E-state index in [0.29, 0.717) is 30.2 Å². The van der Waals surface area contributed by atoms with E-state index in [-0.39, 0.29) is 10.9 Å². The summed E-state index contributed by atoms with van der Waals surface area (Å²) >= 11 is 0. The van der Waals surface area contributed by atoms with E-state index in [1.807, 2.05) is 13.0 Å². The summed E-state index contributed by atoms with van der Waals surface area (Å²) in [5.41, 5.74) is 0.818. The van der Waals surface area contributed by atoms with Crippen LogP contribution in [0.4, 0.5) is 0 Å². The van der Waals surface area contributed by atoms with Gasteiger partial charge < -0.3 is 14.0 Å². The van der Waals surface area contributed by atoms with Crippen molar-refractivity contribution in [3.05, 3.63) is 35.7 Å². The number of rotatable bonds is 6. The highest BCUT2D eigenvalue weighted by Gasteiger charge is 2.39. The number of benzene rings is 1. The highest BCUT2D eigenvalue weighted by molar-refractivity contribution is 7.89. The van der Waals surface area contributed by atoms with Crippen LogP contribution in [-0.2, 0) is 16.4 Å². The first-order chi connectivity index (χ1) is 12.0. The molecule has 3 rings (SSSR count). The molecule has 1 aliphatic rings. The monoisotopic (exact) mass is 366 g/mol. The average Bonchev–Trinajstić information content (AvgIpc) is 3.29. The predicted octanol–water partition coefficient (Wildman–Crippen LogP) is 2.78. The summed E-state index contributed by atoms with van der Waals surface area (Å²) in [6, 6.07) is 6.24. The molecular weight excluding hydrogens is 344 g/mol. The van der Waals surface area contributed by atoms with Crippen LogP contribution in [0.15, 0.2) is 33.7 Å². The molecule has 0 N–H and O–H groups in total. The maximum atomic E-state index is 13.3. The molecule has 1 atom stereocenters. The molecule has 0 radical (unpaired) electrons. The van der Waals surface area contributed by atoms with Crippen LogP contribution < -0.4 is 9.47 Å². The molecule has 8 heteroatoms. The first-order valence-electron chi connectivity index (χ1n) is 8.20. The molecule has 1 aliphatic heterocycles. The highest BCUT2D eigenvalue weighted by atomic mass is 32.2. The van der Waals surface area contributed by atoms with Gasteiger partial charge in [0.15, 0.2) is 5.76 Å². The van der Waals surface area contributed by atoms with Gasteiger partial charge in [0.25, 0.3) is 0 Å². The molecule has 2 aromatic rings. The van der Waals surface area contributed by atoms with Gasteiger partial charge in [-0.1, -0.05) is 12.1 Å². The van der Waals surface area contributed by atoms with E-state index in [2.05, 4.69) is 5.16 Å². The Morgan fingerprint density at radius 1 is 1.28 bits per heavy atom. The Bertz CT molecular complexity index is 846. The number of sulfonamides is 1. The first-order valence-corrected chi connectivity index (χ1v) is 9.64. The summed E-state index contributed by atoms with van der Waals surface area (Å²) in [7, 11) is -0.820. The minimum atomic E-state index is -3.77. The van der Waals surface area contributed by atoms with E-state index in [9.17, 15) is 8.42 Å². The second-order valence-corrected chi connectivity index (χ2v) is 7.72. The van der Waals surface area contributed by atoms with Gasteiger partial charge in [0.1, 0.15) is 16.4 Å². The summed E-state index contributed by atoms with van der Waals surface area (Å²) in [6.07, 6.45) is 2.20. The van der Waals surface area contributed by atoms with Crippen molar-refractivity contribution in [2.24, 2.45) is 0 Å². The second kappa shape index (κ2) is 7.05. The van der Waals surface area contributed by atoms with Gasteiger partial charge in [-0.05, 0) is 31.4 Å². The van der Waals surface area contributed by atoms with Gasteiger partial charge in [0, 0.05) is 18.7 Å². The molecule has 0 saturated carbocycles. The Morgan fingerprint density at radius 3 is 2.72 bits per heavy atom. The molecule has 0 bridgehead atoms. The van der Waals surface area contributed by atoms with Gasteiger partial charge in [-0.3, -0.25) is 0 Å². The fourth-order valence-corrected chi connectivity index (χ4v) is 4.91. The fourth-order valence-electron chi connectivity index (χ4n) is 3.08. The zero-order valence-electron chi connectivity index (χ0n) is 14.6. The lowest BCUT2D eigenvalue weighted by Crippen LogP contribution is -2.30. The molecule has 2 heterocycles. The zero-order valence-corrected chi connectivity index (χ0v) is 15.4. The van der Waals surface area contributed by atoms with Crippen LogP contribution in [0, 0.1) is 0 Å². The predicted molar refractivity (Wildman–Crippen MR) is 91.3 cm³/mol. The van der Waals surface area contributed by atoms with Crippen LogP contribution in [0.3, 0.4) is 0 Å². The first kappa shape index (κ1) is 17.8. The van der Waals surface area contributed by atoms with Gasteiger partial charge >= 0.3 is 0 Å². The minimum absolute atomic E-state index is 0.0940. The minimum Gasteiger partial charge on any atom is -0.497 e. The Balaban J connectivity index is 2.01. The third-order valence-electron chi connectivity index (χ3n) is 4.43. The second-order valence-electron chi connectivity index (χ2n) is 5.86. The summed E-state index contributed by atoms with van der Waals surface area (Å²) in [5.74, 6) is 1.33. The topological polar surface area (TPSA) is 81.9 Å². The van der Waals surface area contributed by atoms with Gasteiger partial charge in [0.05, 0.1) is 26.0 Å². The smallest absolute Gasteiger partial charge is 0.247 e. The molecule has 0 amide bonds. The average molecular weight is 366 g/mol. The molecule has 0 unspecified atom stereocenters. The molecule has 0 spiro atoms. The number of hydrogen-bond donors (Lipinski definition) is 0. The van der Waals surface area contributed by atoms with Crippen LogP contribution >= 0.6 is 0 Å². The van der Waals surface area contributed by atoms with Crippen molar-refractivity contribution in [3.8, 4) is 11.5 Å². The van der Waals surface area contributed by atoms with Gasteiger partial charge in [-0.2, -0.15) is 4.31 Å². The van der Waals surface area contributed by atoms with E-state index >= 15 is 0 Å². The van der Waals surface area contributed by atoms with Crippen LogP contribution in [0.1, 0.15) is 37.3 Å². The quantitative estimate of drug-likeness (QED) is 0.782. The number of methoxy groups -OCH3 is 2. The third kappa shape index (κ3) is 3.23. The molecule has 136 valence electrons. The Labute approximate surface area is 147 Å². The highest BCUT2D eigenvalue weighted by Crippen LogP contribution is 2.39. The zero-order chi connectivity index (χ0) is 18.0. The van der Waals surface area contributed by atoms with E-state index in [1.54, 1.807) is 12.1 Å². The summed E-state index contributed by atoms with van der Waals surface area (Å²) in [6.45, 7) is 2.40. The van der Waals surface area contributed by atoms with Crippen LogP contribution in [0.5, 0.6) is 11.5 Å². The maximum Gasteiger partial charge on any atom is 0.247 e. The SMILES string of the molecule is CCc1cc([C@H]2CCCN2S(=O)(=O)c2cc(OC)ccc2OC)on1. The number of hydrogen-bond acceptors (Lipinski definition) is 6. The maximum absolute atomic E-state index is 13.3. The Morgan fingerprint density at radius 2 is 2.08 bits per heavy atom. The van der Waals surface area contributed by atoms with Crippen molar-refractivity contribution < 1.29 is 22.4 Å². The Kier molecular flexibility index (Phi) is 5.01. The van der Waals surface area contributed by atoms with Gasteiger partial charge in [0.2, 0.25) is 10.0 Å². The van der Waals surface area contributed by atoms with Crippen molar-refractivity contribution >= 4 is 10.0 Å². The molecule has 1 fully saturated rings. The van der Waals surface area contributed by atoms with Crippen LogP contribution in [-0.4, -0.2) is 38.6 Å². The Hall–Kier alpha value is -2.06. The number of ether oxygens (including phenoxy) is 2. The number of aromatic nitrogens is 1. The molecule has 1 saturated heterocycles. The molecule has 25 heavy (non-hydrogen) atoms. The third-order valence-corrected chi connectivity index (χ3v) is 6.36. The standard InChI is InChI=1S/C17H22N2O5S/c1-4-12-10-16(24-18-12)14-6-5-9-19(14)25(20,21)17-11-13(22-2)7-8-15(17)23-3/h7-8,10-11,14H,4-6,9H2,1-3H3/t14-/m1/s1. The van der Waals surface area contributed by atoms with E-state index < -0.39 is 10.0 Å². The summed E-state index contributed by atoms with van der Waals surface area (Å²) in [4.78, 5) is 0.0940. The normalized spacial score (nSPS) is 18.4. The fraction of sp³-hybridized carbons (Fsp3) is 0.471. The summed E-state index contributed by atoms with van der Waals surface area (Å²) in [5, 5.41) is 3.99. The lowest BCUT2D eigenvalue weighted by Gasteiger charge is -2.23. The van der Waals surface area contributed by atoms with Gasteiger partial charge in [-0.15, -0.1) is 0 Å². The van der Waals surface area contributed by atoms with Crippen LogP contribution in [0.2, 0.25) is 0 Å². The van der Waals surface area contributed by atoms with Crippen molar-refractivity contribution in [3.63, 3.8) is 0 Å². The van der Waals surface area contributed by atoms with E-state index in [1.165, 1.54) is 24.6 Å². The van der Waals surface area contributed by atoms with E-state index in [0.717, 1.165) is 18.5 Å². The number of nitrogens with zero attached hydrogens (tertiary/aromatic N) is 2. The number of aryl methyl sites for hydroxylation is 1. The molecule has 1 aromatic carbocycles. The molecular formula is C17H22N2O5S. The molecule has 7 nitrogen and oxygen atoms in total. The molecule has 0 aliphatic carbocycles. The van der Waals surface area contributed by atoms with Gasteiger partial charge in [-0.25, -0.2) is 8.42 Å². The van der Waals surface area contributed by atoms with Crippen molar-refractivity contribution in [2.75, 3.05) is 20.8 Å². The van der Waals surface area contributed by atoms with Crippen molar-refractivity contribution in [1.29, 1.82) is 0 Å². The van der Waals surface area contributed by atoms with Crippen LogP contribution in [0.25, 0.3) is 0 Å². The molecule has 1 aromatic heterocycles. The summed E-state index contributed by atoms with van der Waals surface area (Å²) < 4.78 is 43.8. The van der Waals surface area contributed by atoms with Crippen molar-refractivity contribution in [2.45, 2.75) is 37.1 Å². The largest absolute Gasteiger partial charge is 0.497 e. The van der Waals surface area contributed by atoms with Crippen molar-refractivity contribution in [1.82, 2.24) is 9.46 Å².